The maximum atomic E-state index is 13.6. The van der Waals surface area contributed by atoms with E-state index in [0.29, 0.717) is 0 Å². The minimum atomic E-state index is -0.607. The molecule has 0 spiro atoms. The lowest BCUT2D eigenvalue weighted by Gasteiger charge is -2.15. The predicted octanol–water partition coefficient (Wildman–Crippen LogP) is 3.58. The summed E-state index contributed by atoms with van der Waals surface area (Å²) in [6, 6.07) is 3.76. The summed E-state index contributed by atoms with van der Waals surface area (Å²) < 4.78 is 13.6. The quantitative estimate of drug-likeness (QED) is 0.613. The molecule has 0 aliphatic heterocycles. The number of ketones is 1. The molecule has 0 aromatic heterocycles. The van der Waals surface area contributed by atoms with Crippen LogP contribution in [0.3, 0.4) is 0 Å². The molecule has 0 saturated carbocycles. The van der Waals surface area contributed by atoms with Crippen molar-refractivity contribution in [1.29, 1.82) is 0 Å². The van der Waals surface area contributed by atoms with Gasteiger partial charge in [-0.1, -0.05) is 26.8 Å². The molecule has 0 fully saturated rings. The maximum Gasteiger partial charge on any atom is 0.276 e. The Bertz CT molecular complexity index is 497. The van der Waals surface area contributed by atoms with Crippen LogP contribution in [0.1, 0.15) is 26.3 Å². The molecule has 1 rings (SSSR count). The van der Waals surface area contributed by atoms with Crippen LogP contribution in [0.4, 0.5) is 10.1 Å². The van der Waals surface area contributed by atoms with Gasteiger partial charge in [0.05, 0.1) is 16.2 Å². The number of hydrogen-bond donors (Lipinski definition) is 0. The fraction of sp³-hybridized carbons (Fsp3) is 0.462. The molecule has 0 unspecified atom stereocenters. The van der Waals surface area contributed by atoms with Crippen LogP contribution in [-0.2, 0) is 10.5 Å². The number of carbonyl (C=O) groups excluding carboxylic acids is 1. The molecule has 0 aliphatic rings. The van der Waals surface area contributed by atoms with E-state index in [1.165, 1.54) is 30.0 Å². The summed E-state index contributed by atoms with van der Waals surface area (Å²) in [7, 11) is 0. The Hall–Kier alpha value is -1.43. The number of carbonyl (C=O) groups is 1. The molecule has 0 bridgehead atoms. The van der Waals surface area contributed by atoms with Crippen molar-refractivity contribution in [2.75, 3.05) is 5.75 Å². The second kappa shape index (κ2) is 6.14. The highest BCUT2D eigenvalue weighted by Gasteiger charge is 2.22. The number of thioether (sulfide) groups is 1. The lowest BCUT2D eigenvalue weighted by atomic mass is 9.92. The Labute approximate surface area is 115 Å². The highest BCUT2D eigenvalue weighted by atomic mass is 32.2. The van der Waals surface area contributed by atoms with Crippen LogP contribution in [-0.4, -0.2) is 16.5 Å². The molecule has 1 aromatic carbocycles. The molecule has 1 aromatic rings. The van der Waals surface area contributed by atoms with Gasteiger partial charge in [0.15, 0.2) is 0 Å². The fourth-order valence-electron chi connectivity index (χ4n) is 1.32. The molecule has 0 heterocycles. The van der Waals surface area contributed by atoms with E-state index in [1.807, 2.05) is 0 Å². The summed E-state index contributed by atoms with van der Waals surface area (Å²) >= 11 is 1.19. The SMILES string of the molecule is CC(C)(C)C(=O)CSCc1c(F)cccc1[N+](=O)[O-]. The highest BCUT2D eigenvalue weighted by molar-refractivity contribution is 7.99. The van der Waals surface area contributed by atoms with Crippen LogP contribution >= 0.6 is 11.8 Å². The minimum absolute atomic E-state index is 0.0384. The van der Waals surface area contributed by atoms with Gasteiger partial charge in [-0.3, -0.25) is 14.9 Å². The van der Waals surface area contributed by atoms with E-state index in [-0.39, 0.29) is 28.5 Å². The van der Waals surface area contributed by atoms with Gasteiger partial charge in [-0.2, -0.15) is 0 Å². The molecule has 0 amide bonds. The van der Waals surface area contributed by atoms with Crippen LogP contribution < -0.4 is 0 Å². The first kappa shape index (κ1) is 15.6. The largest absolute Gasteiger partial charge is 0.298 e. The molecule has 0 saturated heterocycles. The molecule has 0 N–H and O–H groups in total. The standard InChI is InChI=1S/C13H16FNO3S/c1-13(2,3)12(16)8-19-7-9-10(14)5-4-6-11(9)15(17)18/h4-6H,7-8H2,1-3H3. The van der Waals surface area contributed by atoms with Gasteiger partial charge in [0.25, 0.3) is 5.69 Å². The second-order valence-electron chi connectivity index (χ2n) is 5.16. The zero-order valence-electron chi connectivity index (χ0n) is 11.1. The van der Waals surface area contributed by atoms with Gasteiger partial charge >= 0.3 is 0 Å². The van der Waals surface area contributed by atoms with Crippen molar-refractivity contribution < 1.29 is 14.1 Å². The monoisotopic (exact) mass is 285 g/mol. The van der Waals surface area contributed by atoms with E-state index in [0.717, 1.165) is 0 Å². The molecular weight excluding hydrogens is 269 g/mol. The number of hydrogen-bond acceptors (Lipinski definition) is 4. The van der Waals surface area contributed by atoms with Gasteiger partial charge in [-0.25, -0.2) is 4.39 Å². The van der Waals surface area contributed by atoms with Gasteiger partial charge in [-0.15, -0.1) is 11.8 Å². The zero-order valence-corrected chi connectivity index (χ0v) is 11.9. The predicted molar refractivity (Wildman–Crippen MR) is 73.7 cm³/mol. The summed E-state index contributed by atoms with van der Waals surface area (Å²) in [6.07, 6.45) is 0. The van der Waals surface area contributed by atoms with Crippen molar-refractivity contribution in [2.45, 2.75) is 26.5 Å². The Kier molecular flexibility index (Phi) is 5.05. The molecule has 0 atom stereocenters. The van der Waals surface area contributed by atoms with E-state index < -0.39 is 16.2 Å². The first-order valence-electron chi connectivity index (χ1n) is 5.76. The smallest absolute Gasteiger partial charge is 0.276 e. The van der Waals surface area contributed by atoms with E-state index in [2.05, 4.69) is 0 Å². The maximum absolute atomic E-state index is 13.6. The van der Waals surface area contributed by atoms with Crippen LogP contribution in [0, 0.1) is 21.3 Å². The summed E-state index contributed by atoms with van der Waals surface area (Å²) in [6.45, 7) is 5.42. The van der Waals surface area contributed by atoms with Gasteiger partial charge in [0, 0.05) is 17.2 Å². The van der Waals surface area contributed by atoms with Crippen molar-refractivity contribution in [3.8, 4) is 0 Å². The molecule has 104 valence electrons. The number of Topliss-reactive ketones (excluding diaryl/α,β-unsaturated/α-hetero) is 1. The molecule has 0 radical (unpaired) electrons. The Morgan fingerprint density at radius 1 is 1.42 bits per heavy atom. The number of benzene rings is 1. The first-order chi connectivity index (χ1) is 8.73. The van der Waals surface area contributed by atoms with Crippen molar-refractivity contribution in [3.05, 3.63) is 39.7 Å². The number of rotatable bonds is 5. The summed E-state index contributed by atoms with van der Waals surface area (Å²) in [5.74, 6) is -0.235. The summed E-state index contributed by atoms with van der Waals surface area (Å²) in [5, 5.41) is 10.8. The molecular formula is C13H16FNO3S. The number of nitrogens with zero attached hydrogens (tertiary/aromatic N) is 1. The average Bonchev–Trinajstić information content (AvgIpc) is 2.29. The van der Waals surface area contributed by atoms with Crippen molar-refractivity contribution in [3.63, 3.8) is 0 Å². The second-order valence-corrected chi connectivity index (χ2v) is 6.15. The number of nitro benzene ring substituents is 1. The van der Waals surface area contributed by atoms with Crippen LogP contribution in [0.25, 0.3) is 0 Å². The minimum Gasteiger partial charge on any atom is -0.298 e. The van der Waals surface area contributed by atoms with E-state index in [4.69, 9.17) is 0 Å². The number of halogens is 1. The zero-order chi connectivity index (χ0) is 14.6. The Morgan fingerprint density at radius 3 is 2.58 bits per heavy atom. The lowest BCUT2D eigenvalue weighted by molar-refractivity contribution is -0.385. The third kappa shape index (κ3) is 4.31. The average molecular weight is 285 g/mol. The molecule has 4 nitrogen and oxygen atoms in total. The van der Waals surface area contributed by atoms with Gasteiger partial charge < -0.3 is 0 Å². The van der Waals surface area contributed by atoms with Crippen LogP contribution in [0.15, 0.2) is 18.2 Å². The van der Waals surface area contributed by atoms with Crippen molar-refractivity contribution in [1.82, 2.24) is 0 Å². The molecule has 0 aliphatic carbocycles. The Balaban J connectivity index is 2.74. The number of nitro groups is 1. The Morgan fingerprint density at radius 2 is 2.05 bits per heavy atom. The van der Waals surface area contributed by atoms with Crippen molar-refractivity contribution >= 4 is 23.2 Å². The third-order valence-corrected chi connectivity index (χ3v) is 3.57. The molecule has 19 heavy (non-hydrogen) atoms. The van der Waals surface area contributed by atoms with E-state index in [9.17, 15) is 19.3 Å². The van der Waals surface area contributed by atoms with E-state index in [1.54, 1.807) is 20.8 Å². The van der Waals surface area contributed by atoms with Crippen molar-refractivity contribution in [2.24, 2.45) is 5.41 Å². The van der Waals surface area contributed by atoms with E-state index >= 15 is 0 Å². The first-order valence-corrected chi connectivity index (χ1v) is 6.92. The van der Waals surface area contributed by atoms with Crippen LogP contribution in [0.5, 0.6) is 0 Å². The highest BCUT2D eigenvalue weighted by Crippen LogP contribution is 2.27. The van der Waals surface area contributed by atoms with Gasteiger partial charge in [0.2, 0.25) is 0 Å². The summed E-state index contributed by atoms with van der Waals surface area (Å²) in [5.41, 5.74) is -0.649. The normalized spacial score (nSPS) is 11.4. The third-order valence-electron chi connectivity index (χ3n) is 2.61. The van der Waals surface area contributed by atoms with Gasteiger partial charge in [-0.05, 0) is 6.07 Å². The van der Waals surface area contributed by atoms with Crippen LogP contribution in [0.2, 0.25) is 0 Å². The van der Waals surface area contributed by atoms with Gasteiger partial charge in [0.1, 0.15) is 11.6 Å². The summed E-state index contributed by atoms with van der Waals surface area (Å²) in [4.78, 5) is 21.9. The molecule has 6 heteroatoms. The lowest BCUT2D eigenvalue weighted by Crippen LogP contribution is -2.22. The fourth-order valence-corrected chi connectivity index (χ4v) is 2.53. The topological polar surface area (TPSA) is 60.2 Å².